The lowest BCUT2D eigenvalue weighted by molar-refractivity contribution is -0.143. The van der Waals surface area contributed by atoms with Crippen LogP contribution in [-0.2, 0) is 4.79 Å². The van der Waals surface area contributed by atoms with E-state index in [9.17, 15) is 18.0 Å². The highest BCUT2D eigenvalue weighted by Crippen LogP contribution is 2.20. The highest BCUT2D eigenvalue weighted by atomic mass is 35.5. The number of benzene rings is 1. The molecule has 0 bridgehead atoms. The molecule has 0 spiro atoms. The van der Waals surface area contributed by atoms with Gasteiger partial charge in [-0.25, -0.2) is 0 Å². The Balaban J connectivity index is 2.18. The van der Waals surface area contributed by atoms with Crippen molar-refractivity contribution in [3.63, 3.8) is 0 Å². The first kappa shape index (κ1) is 19.6. The van der Waals surface area contributed by atoms with E-state index in [-0.39, 0.29) is 19.1 Å². The van der Waals surface area contributed by atoms with E-state index in [0.717, 1.165) is 5.56 Å². The van der Waals surface area contributed by atoms with Crippen LogP contribution in [0.25, 0.3) is 0 Å². The van der Waals surface area contributed by atoms with Crippen molar-refractivity contribution in [2.24, 2.45) is 0 Å². The summed E-state index contributed by atoms with van der Waals surface area (Å²) in [6, 6.07) is 5.07. The maximum absolute atomic E-state index is 12.1. The molecule has 0 aliphatic rings. The predicted molar refractivity (Wildman–Crippen MR) is 82.9 cm³/mol. The van der Waals surface area contributed by atoms with Crippen molar-refractivity contribution >= 4 is 17.5 Å². The van der Waals surface area contributed by atoms with Crippen LogP contribution in [0.1, 0.15) is 12.0 Å². The van der Waals surface area contributed by atoms with Crippen molar-refractivity contribution in [2.45, 2.75) is 19.5 Å². The Morgan fingerprint density at radius 1 is 1.39 bits per heavy atom. The zero-order valence-electron chi connectivity index (χ0n) is 13.0. The Morgan fingerprint density at radius 2 is 2.09 bits per heavy atom. The van der Waals surface area contributed by atoms with Gasteiger partial charge in [-0.1, -0.05) is 11.6 Å². The Morgan fingerprint density at radius 3 is 2.70 bits per heavy atom. The van der Waals surface area contributed by atoms with Gasteiger partial charge in [0.2, 0.25) is 0 Å². The zero-order chi connectivity index (χ0) is 17.5. The van der Waals surface area contributed by atoms with E-state index in [2.05, 4.69) is 5.32 Å². The van der Waals surface area contributed by atoms with E-state index in [1.54, 1.807) is 18.2 Å². The molecule has 0 radical (unpaired) electrons. The van der Waals surface area contributed by atoms with Crippen LogP contribution < -0.4 is 10.1 Å². The summed E-state index contributed by atoms with van der Waals surface area (Å²) in [7, 11) is 1.39. The molecule has 1 N–H and O–H groups in total. The molecule has 0 aromatic heterocycles. The standard InChI is InChI=1S/C15H20ClF3N2O2/c1-11-8-12(4-5-13(11)16)23-9-14(22)20-6-3-7-21(2)10-15(17,18)19/h4-5,8H,3,6-7,9-10H2,1-2H3,(H,20,22). The average molecular weight is 353 g/mol. The number of aryl methyl sites for hydroxylation is 1. The SMILES string of the molecule is Cc1cc(OCC(=O)NCCCN(C)CC(F)(F)F)ccc1Cl. The van der Waals surface area contributed by atoms with Crippen molar-refractivity contribution in [3.05, 3.63) is 28.8 Å². The number of nitrogens with zero attached hydrogens (tertiary/aromatic N) is 1. The second kappa shape index (κ2) is 8.98. The molecule has 0 heterocycles. The number of carbonyl (C=O) groups excluding carboxylic acids is 1. The summed E-state index contributed by atoms with van der Waals surface area (Å²) in [5.41, 5.74) is 0.845. The van der Waals surface area contributed by atoms with Gasteiger partial charge in [0.1, 0.15) is 5.75 Å². The minimum Gasteiger partial charge on any atom is -0.484 e. The summed E-state index contributed by atoms with van der Waals surface area (Å²) in [5, 5.41) is 3.21. The van der Waals surface area contributed by atoms with Crippen molar-refractivity contribution in [1.82, 2.24) is 10.2 Å². The van der Waals surface area contributed by atoms with E-state index in [1.165, 1.54) is 11.9 Å². The number of ether oxygens (including phenoxy) is 1. The quantitative estimate of drug-likeness (QED) is 0.731. The fraction of sp³-hybridized carbons (Fsp3) is 0.533. The monoisotopic (exact) mass is 352 g/mol. The number of alkyl halides is 3. The third-order valence-electron chi connectivity index (χ3n) is 2.99. The van der Waals surface area contributed by atoms with Gasteiger partial charge < -0.3 is 10.1 Å². The number of carbonyl (C=O) groups is 1. The fourth-order valence-corrected chi connectivity index (χ4v) is 1.99. The molecule has 1 rings (SSSR count). The van der Waals surface area contributed by atoms with E-state index in [4.69, 9.17) is 16.3 Å². The molecule has 1 aromatic rings. The normalized spacial score (nSPS) is 11.6. The minimum atomic E-state index is -4.21. The van der Waals surface area contributed by atoms with Gasteiger partial charge in [0, 0.05) is 11.6 Å². The van der Waals surface area contributed by atoms with E-state index in [1.807, 2.05) is 6.92 Å². The molecule has 0 aliphatic heterocycles. The number of halogens is 4. The van der Waals surface area contributed by atoms with Crippen LogP contribution in [0.15, 0.2) is 18.2 Å². The number of amides is 1. The van der Waals surface area contributed by atoms with Crippen LogP contribution in [0.5, 0.6) is 5.75 Å². The van der Waals surface area contributed by atoms with Crippen LogP contribution in [0.4, 0.5) is 13.2 Å². The first-order valence-electron chi connectivity index (χ1n) is 7.08. The molecular formula is C15H20ClF3N2O2. The van der Waals surface area contributed by atoms with Gasteiger partial charge in [0.05, 0.1) is 6.54 Å². The second-order valence-electron chi connectivity index (χ2n) is 5.26. The third kappa shape index (κ3) is 8.66. The molecule has 0 saturated carbocycles. The summed E-state index contributed by atoms with van der Waals surface area (Å²) in [6.07, 6.45) is -3.78. The second-order valence-corrected chi connectivity index (χ2v) is 5.66. The molecular weight excluding hydrogens is 333 g/mol. The van der Waals surface area contributed by atoms with Crippen molar-refractivity contribution < 1.29 is 22.7 Å². The van der Waals surface area contributed by atoms with Crippen LogP contribution >= 0.6 is 11.6 Å². The molecule has 4 nitrogen and oxygen atoms in total. The lowest BCUT2D eigenvalue weighted by Crippen LogP contribution is -2.34. The van der Waals surface area contributed by atoms with Crippen molar-refractivity contribution in [3.8, 4) is 5.75 Å². The minimum absolute atomic E-state index is 0.153. The van der Waals surface area contributed by atoms with Gasteiger partial charge in [-0.3, -0.25) is 9.69 Å². The maximum Gasteiger partial charge on any atom is 0.401 e. The van der Waals surface area contributed by atoms with E-state index in [0.29, 0.717) is 23.7 Å². The van der Waals surface area contributed by atoms with Crippen LogP contribution in [0.2, 0.25) is 5.02 Å². The van der Waals surface area contributed by atoms with E-state index < -0.39 is 12.7 Å². The smallest absolute Gasteiger partial charge is 0.401 e. The maximum atomic E-state index is 12.1. The van der Waals surface area contributed by atoms with Crippen molar-refractivity contribution in [2.75, 3.05) is 33.3 Å². The molecule has 0 atom stereocenters. The molecule has 1 amide bonds. The van der Waals surface area contributed by atoms with E-state index >= 15 is 0 Å². The summed E-state index contributed by atoms with van der Waals surface area (Å²) < 4.78 is 41.7. The number of hydrogen-bond donors (Lipinski definition) is 1. The zero-order valence-corrected chi connectivity index (χ0v) is 13.8. The first-order chi connectivity index (χ1) is 10.7. The largest absolute Gasteiger partial charge is 0.484 e. The van der Waals surface area contributed by atoms with Crippen LogP contribution in [-0.4, -0.2) is 50.3 Å². The van der Waals surface area contributed by atoms with Gasteiger partial charge in [0.25, 0.3) is 5.91 Å². The molecule has 8 heteroatoms. The molecule has 0 saturated heterocycles. The summed E-state index contributed by atoms with van der Waals surface area (Å²) >= 11 is 5.88. The summed E-state index contributed by atoms with van der Waals surface area (Å²) in [4.78, 5) is 12.8. The predicted octanol–water partition coefficient (Wildman–Crippen LogP) is 3.03. The summed E-state index contributed by atoms with van der Waals surface area (Å²) in [5.74, 6) is 0.211. The summed E-state index contributed by atoms with van der Waals surface area (Å²) in [6.45, 7) is 1.26. The van der Waals surface area contributed by atoms with Gasteiger partial charge in [-0.2, -0.15) is 13.2 Å². The molecule has 130 valence electrons. The Bertz CT molecular complexity index is 524. The molecule has 0 fully saturated rings. The number of nitrogens with one attached hydrogen (secondary N) is 1. The number of rotatable bonds is 8. The van der Waals surface area contributed by atoms with Gasteiger partial charge in [-0.15, -0.1) is 0 Å². The molecule has 1 aromatic carbocycles. The molecule has 23 heavy (non-hydrogen) atoms. The van der Waals surface area contributed by atoms with Crippen LogP contribution in [0, 0.1) is 6.92 Å². The first-order valence-corrected chi connectivity index (χ1v) is 7.46. The Labute approximate surface area is 138 Å². The van der Waals surface area contributed by atoms with Gasteiger partial charge in [0.15, 0.2) is 6.61 Å². The topological polar surface area (TPSA) is 41.6 Å². The third-order valence-corrected chi connectivity index (χ3v) is 3.41. The van der Waals surface area contributed by atoms with Crippen LogP contribution in [0.3, 0.4) is 0 Å². The average Bonchev–Trinajstić information content (AvgIpc) is 2.43. The number of hydrogen-bond acceptors (Lipinski definition) is 3. The highest BCUT2D eigenvalue weighted by Gasteiger charge is 2.28. The van der Waals surface area contributed by atoms with Gasteiger partial charge in [-0.05, 0) is 50.7 Å². The fourth-order valence-electron chi connectivity index (χ4n) is 1.87. The Kier molecular flexibility index (Phi) is 7.64. The highest BCUT2D eigenvalue weighted by molar-refractivity contribution is 6.31. The van der Waals surface area contributed by atoms with Gasteiger partial charge >= 0.3 is 6.18 Å². The lowest BCUT2D eigenvalue weighted by Gasteiger charge is -2.18. The molecule has 0 unspecified atom stereocenters. The molecule has 0 aliphatic carbocycles. The Hall–Kier alpha value is -1.47. The lowest BCUT2D eigenvalue weighted by atomic mass is 10.2. The van der Waals surface area contributed by atoms with Crippen molar-refractivity contribution in [1.29, 1.82) is 0 Å².